The van der Waals surface area contributed by atoms with Crippen LogP contribution in [0.1, 0.15) is 91.0 Å². The molecule has 1 saturated heterocycles. The molecular weight excluding hydrogens is 715 g/mol. The minimum atomic E-state index is -4.70. The SMILES string of the molecule is CC(=O)CCCNC(=O)OCc1ccc(NC(=O)[C@H](CCCNC(N)=O)NC(=O)[C@@H](N[C@@H](CCCCCN2C(=O)CC(C)C2=O)C(F)(F)F)C(C)C)cc1. The van der Waals surface area contributed by atoms with Crippen LogP contribution in [0.3, 0.4) is 0 Å². The van der Waals surface area contributed by atoms with Gasteiger partial charge in [-0.05, 0) is 62.6 Å². The molecule has 1 fully saturated rings. The van der Waals surface area contributed by atoms with Crippen LogP contribution in [0.4, 0.5) is 28.4 Å². The number of unbranched alkanes of at least 4 members (excludes halogenated alkanes) is 2. The van der Waals surface area contributed by atoms with Crippen molar-refractivity contribution in [2.75, 3.05) is 25.0 Å². The molecule has 18 heteroatoms. The van der Waals surface area contributed by atoms with Crippen LogP contribution < -0.4 is 32.3 Å². The first-order valence-electron chi connectivity index (χ1n) is 18.2. The van der Waals surface area contributed by atoms with Gasteiger partial charge in [0, 0.05) is 44.1 Å². The highest BCUT2D eigenvalue weighted by Crippen LogP contribution is 2.26. The predicted octanol–water partition coefficient (Wildman–Crippen LogP) is 3.65. The fourth-order valence-corrected chi connectivity index (χ4v) is 5.70. The molecule has 7 N–H and O–H groups in total. The van der Waals surface area contributed by atoms with Crippen molar-refractivity contribution in [2.45, 2.75) is 116 Å². The number of imide groups is 1. The van der Waals surface area contributed by atoms with E-state index >= 15 is 0 Å². The van der Waals surface area contributed by atoms with Gasteiger partial charge in [0.25, 0.3) is 0 Å². The lowest BCUT2D eigenvalue weighted by molar-refractivity contribution is -0.161. The van der Waals surface area contributed by atoms with E-state index in [-0.39, 0.29) is 75.9 Å². The van der Waals surface area contributed by atoms with E-state index in [0.29, 0.717) is 36.9 Å². The van der Waals surface area contributed by atoms with Gasteiger partial charge in [-0.1, -0.05) is 45.7 Å². The molecular formula is C36H54F3N7O8. The number of hydrogen-bond acceptors (Lipinski definition) is 9. The zero-order valence-corrected chi connectivity index (χ0v) is 31.3. The van der Waals surface area contributed by atoms with Crippen LogP contribution in [0.5, 0.6) is 0 Å². The van der Waals surface area contributed by atoms with Crippen LogP contribution in [0.15, 0.2) is 24.3 Å². The van der Waals surface area contributed by atoms with Gasteiger partial charge in [-0.15, -0.1) is 0 Å². The molecule has 54 heavy (non-hydrogen) atoms. The van der Waals surface area contributed by atoms with Crippen molar-refractivity contribution in [1.29, 1.82) is 0 Å². The Morgan fingerprint density at radius 3 is 2.17 bits per heavy atom. The number of Topliss-reactive ketones (excluding diaryl/α,β-unsaturated/α-hetero) is 1. The Morgan fingerprint density at radius 2 is 1.59 bits per heavy atom. The smallest absolute Gasteiger partial charge is 0.407 e. The lowest BCUT2D eigenvalue weighted by Gasteiger charge is -2.30. The summed E-state index contributed by atoms with van der Waals surface area (Å²) in [5.41, 5.74) is 6.05. The van der Waals surface area contributed by atoms with Gasteiger partial charge in [-0.25, -0.2) is 9.59 Å². The van der Waals surface area contributed by atoms with Gasteiger partial charge >= 0.3 is 18.3 Å². The topological polar surface area (TPSA) is 218 Å². The Morgan fingerprint density at radius 1 is 0.926 bits per heavy atom. The second-order valence-corrected chi connectivity index (χ2v) is 13.8. The third kappa shape index (κ3) is 16.5. The van der Waals surface area contributed by atoms with Crippen molar-refractivity contribution in [3.63, 3.8) is 0 Å². The maximum absolute atomic E-state index is 14.2. The van der Waals surface area contributed by atoms with Gasteiger partial charge in [0.15, 0.2) is 0 Å². The summed E-state index contributed by atoms with van der Waals surface area (Å²) in [6.07, 6.45) is -3.74. The third-order valence-corrected chi connectivity index (χ3v) is 8.74. The van der Waals surface area contributed by atoms with Crippen LogP contribution in [-0.2, 0) is 35.3 Å². The van der Waals surface area contributed by atoms with Crippen LogP contribution in [0, 0.1) is 11.8 Å². The van der Waals surface area contributed by atoms with E-state index < -0.39 is 60.1 Å². The second kappa shape index (κ2) is 22.5. The third-order valence-electron chi connectivity index (χ3n) is 8.74. The number of ketones is 1. The van der Waals surface area contributed by atoms with Crippen molar-refractivity contribution in [3.05, 3.63) is 29.8 Å². The van der Waals surface area contributed by atoms with E-state index in [0.717, 1.165) is 4.90 Å². The van der Waals surface area contributed by atoms with E-state index in [1.54, 1.807) is 45.0 Å². The number of urea groups is 1. The summed E-state index contributed by atoms with van der Waals surface area (Å²) in [6, 6.07) is 0.930. The largest absolute Gasteiger partial charge is 0.445 e. The van der Waals surface area contributed by atoms with Gasteiger partial charge in [0.1, 0.15) is 24.5 Å². The highest BCUT2D eigenvalue weighted by molar-refractivity contribution is 6.03. The normalized spacial score (nSPS) is 16.1. The molecule has 0 saturated carbocycles. The molecule has 1 aromatic carbocycles. The number of halogens is 3. The molecule has 1 unspecified atom stereocenters. The van der Waals surface area contributed by atoms with E-state index in [4.69, 9.17) is 10.5 Å². The van der Waals surface area contributed by atoms with Crippen LogP contribution in [0.25, 0.3) is 0 Å². The molecule has 0 radical (unpaired) electrons. The molecule has 0 aromatic heterocycles. The monoisotopic (exact) mass is 769 g/mol. The van der Waals surface area contributed by atoms with Crippen LogP contribution >= 0.6 is 0 Å². The molecule has 1 aromatic rings. The number of nitrogens with one attached hydrogen (secondary N) is 5. The number of carbonyl (C=O) groups is 7. The number of benzene rings is 1. The van der Waals surface area contributed by atoms with Crippen LogP contribution in [0.2, 0.25) is 0 Å². The number of alkyl carbamates (subject to hydrolysis) is 1. The number of nitrogens with two attached hydrogens (primary N) is 1. The summed E-state index contributed by atoms with van der Waals surface area (Å²) in [5.74, 6) is -3.04. The average molecular weight is 770 g/mol. The Balaban J connectivity index is 2.02. The van der Waals surface area contributed by atoms with Crippen molar-refractivity contribution in [2.24, 2.45) is 17.6 Å². The number of alkyl halides is 3. The number of anilines is 1. The number of primary amides is 1. The van der Waals surface area contributed by atoms with Crippen LogP contribution in [-0.4, -0.2) is 90.4 Å². The maximum atomic E-state index is 14.2. The van der Waals surface area contributed by atoms with Crippen molar-refractivity contribution in [1.82, 2.24) is 26.2 Å². The average Bonchev–Trinajstić information content (AvgIpc) is 3.33. The molecule has 2 rings (SSSR count). The van der Waals surface area contributed by atoms with E-state index in [9.17, 15) is 46.7 Å². The number of ether oxygens (including phenoxy) is 1. The summed E-state index contributed by atoms with van der Waals surface area (Å²) in [6.45, 7) is 6.70. The minimum Gasteiger partial charge on any atom is -0.445 e. The first kappa shape index (κ1) is 45.4. The molecule has 1 aliphatic rings. The van der Waals surface area contributed by atoms with Crippen molar-refractivity contribution in [3.8, 4) is 0 Å². The molecule has 0 bridgehead atoms. The summed E-state index contributed by atoms with van der Waals surface area (Å²) < 4.78 is 47.7. The molecule has 0 spiro atoms. The Hall–Kier alpha value is -4.74. The first-order valence-corrected chi connectivity index (χ1v) is 18.2. The lowest BCUT2D eigenvalue weighted by Crippen LogP contribution is -2.58. The van der Waals surface area contributed by atoms with Crippen molar-refractivity contribution >= 4 is 47.2 Å². The highest BCUT2D eigenvalue weighted by atomic mass is 19.4. The Kier molecular flexibility index (Phi) is 18.9. The molecule has 0 aliphatic carbocycles. The summed E-state index contributed by atoms with van der Waals surface area (Å²) in [5, 5.41) is 12.6. The standard InChI is InChI=1S/C36H54F3N7O8/c1-22(2)30(45-28(36(37,38)39)12-6-5-7-19-46-29(48)20-23(3)33(46)51)32(50)44-27(11-9-17-41-34(40)52)31(49)43-26-15-13-25(14-16-26)21-54-35(53)42-18-8-10-24(4)47/h13-16,22-23,27-28,30,45H,5-12,17-21H2,1-4H3,(H,42,53)(H,43,49)(H,44,50)(H3,40,41,52)/t23?,27-,28-,30-/m0/s1. The van der Waals surface area contributed by atoms with Crippen molar-refractivity contribution < 1.29 is 51.5 Å². The predicted molar refractivity (Wildman–Crippen MR) is 192 cm³/mol. The van der Waals surface area contributed by atoms with Gasteiger partial charge in [-0.2, -0.15) is 13.2 Å². The molecule has 1 aliphatic heterocycles. The van der Waals surface area contributed by atoms with E-state index in [1.807, 2.05) is 0 Å². The molecule has 302 valence electrons. The highest BCUT2D eigenvalue weighted by Gasteiger charge is 2.42. The van der Waals surface area contributed by atoms with Gasteiger partial charge in [-0.3, -0.25) is 29.4 Å². The number of amides is 7. The minimum absolute atomic E-state index is 0.0135. The maximum Gasteiger partial charge on any atom is 0.407 e. The van der Waals surface area contributed by atoms with E-state index in [1.165, 1.54) is 6.92 Å². The number of hydrogen-bond donors (Lipinski definition) is 6. The molecule has 15 nitrogen and oxygen atoms in total. The Bertz CT molecular complexity index is 1440. The number of carbonyl (C=O) groups excluding carboxylic acids is 7. The fourth-order valence-electron chi connectivity index (χ4n) is 5.70. The molecule has 1 heterocycles. The first-order chi connectivity index (χ1) is 25.4. The quantitative estimate of drug-likeness (QED) is 0.0706. The molecule has 4 atom stereocenters. The summed E-state index contributed by atoms with van der Waals surface area (Å²) in [4.78, 5) is 86.2. The molecule has 7 amide bonds. The zero-order valence-electron chi connectivity index (χ0n) is 31.3. The Labute approximate surface area is 313 Å². The zero-order chi connectivity index (χ0) is 40.4. The van der Waals surface area contributed by atoms with Gasteiger partial charge < -0.3 is 36.5 Å². The lowest BCUT2D eigenvalue weighted by atomic mass is 9.99. The number of likely N-dealkylation sites (tertiary alicyclic amines) is 1. The van der Waals surface area contributed by atoms with E-state index in [2.05, 4.69) is 26.6 Å². The summed E-state index contributed by atoms with van der Waals surface area (Å²) in [7, 11) is 0. The fraction of sp³-hybridized carbons (Fsp3) is 0.639. The number of rotatable bonds is 23. The van der Waals surface area contributed by atoms with Gasteiger partial charge in [0.2, 0.25) is 23.6 Å². The second-order valence-electron chi connectivity index (χ2n) is 13.8. The summed E-state index contributed by atoms with van der Waals surface area (Å²) >= 11 is 0. The van der Waals surface area contributed by atoms with Gasteiger partial charge in [0.05, 0.1) is 6.04 Å². The number of nitrogens with zero attached hydrogens (tertiary/aromatic N) is 1.